The summed E-state index contributed by atoms with van der Waals surface area (Å²) in [4.78, 5) is 22.1. The Morgan fingerprint density at radius 1 is 1.08 bits per heavy atom. The summed E-state index contributed by atoms with van der Waals surface area (Å²) >= 11 is 0. The smallest absolute Gasteiger partial charge is 0.160 e. The molecule has 1 rings (SSSR count). The van der Waals surface area contributed by atoms with Gasteiger partial charge in [0, 0.05) is 11.1 Å². The van der Waals surface area contributed by atoms with Crippen LogP contribution in [0.4, 0.5) is 0 Å². The molecule has 0 aliphatic rings. The van der Waals surface area contributed by atoms with Crippen LogP contribution in [0.3, 0.4) is 0 Å². The molecule has 0 radical (unpaired) electrons. The third kappa shape index (κ3) is 2.02. The first-order valence-electron chi connectivity index (χ1n) is 4.15. The van der Waals surface area contributed by atoms with Crippen molar-refractivity contribution in [3.05, 3.63) is 34.9 Å². The second-order valence-corrected chi connectivity index (χ2v) is 3.14. The fourth-order valence-corrected chi connectivity index (χ4v) is 1.28. The van der Waals surface area contributed by atoms with Gasteiger partial charge in [0.2, 0.25) is 0 Å². The van der Waals surface area contributed by atoms with E-state index in [4.69, 9.17) is 0 Å². The van der Waals surface area contributed by atoms with Crippen LogP contribution in [0.2, 0.25) is 0 Å². The number of hydrogen-bond donors (Lipinski definition) is 0. The highest BCUT2D eigenvalue weighted by Gasteiger charge is 2.05. The fourth-order valence-electron chi connectivity index (χ4n) is 1.28. The molecule has 0 aliphatic carbocycles. The second kappa shape index (κ2) is 3.52. The Labute approximate surface area is 77.6 Å². The lowest BCUT2D eigenvalue weighted by molar-refractivity contribution is 0.100. The molecule has 0 atom stereocenters. The zero-order valence-corrected chi connectivity index (χ0v) is 8.05. The second-order valence-electron chi connectivity index (χ2n) is 3.14. The first-order valence-corrected chi connectivity index (χ1v) is 4.15. The minimum Gasteiger partial charge on any atom is -0.295 e. The number of benzene rings is 1. The predicted molar refractivity (Wildman–Crippen MR) is 51.2 cm³/mol. The van der Waals surface area contributed by atoms with Gasteiger partial charge in [0.05, 0.1) is 0 Å². The van der Waals surface area contributed by atoms with Crippen molar-refractivity contribution in [1.29, 1.82) is 0 Å². The lowest BCUT2D eigenvalue weighted by Gasteiger charge is -2.02. The zero-order chi connectivity index (χ0) is 10.0. The summed E-state index contributed by atoms with van der Waals surface area (Å²) < 4.78 is 0. The van der Waals surface area contributed by atoms with Crippen LogP contribution in [0.15, 0.2) is 18.2 Å². The lowest BCUT2D eigenvalue weighted by Crippen LogP contribution is -1.99. The molecular weight excluding hydrogens is 164 g/mol. The summed E-state index contributed by atoms with van der Waals surface area (Å²) in [5.74, 6) is 0.0609. The molecule has 1 aromatic rings. The number of ketones is 2. The van der Waals surface area contributed by atoms with Gasteiger partial charge >= 0.3 is 0 Å². The van der Waals surface area contributed by atoms with E-state index >= 15 is 0 Å². The largest absolute Gasteiger partial charge is 0.295 e. The van der Waals surface area contributed by atoms with Crippen LogP contribution in [0.1, 0.15) is 40.1 Å². The van der Waals surface area contributed by atoms with Crippen molar-refractivity contribution in [2.45, 2.75) is 20.8 Å². The monoisotopic (exact) mass is 176 g/mol. The average Bonchev–Trinajstić information content (AvgIpc) is 2.03. The van der Waals surface area contributed by atoms with Gasteiger partial charge in [-0.1, -0.05) is 12.1 Å². The van der Waals surface area contributed by atoms with Gasteiger partial charge in [-0.3, -0.25) is 9.59 Å². The minimum atomic E-state index is 0.0261. The third-order valence-corrected chi connectivity index (χ3v) is 2.01. The Morgan fingerprint density at radius 3 is 2.08 bits per heavy atom. The van der Waals surface area contributed by atoms with Crippen LogP contribution >= 0.6 is 0 Å². The van der Waals surface area contributed by atoms with E-state index in [-0.39, 0.29) is 11.6 Å². The molecule has 13 heavy (non-hydrogen) atoms. The van der Waals surface area contributed by atoms with Gasteiger partial charge in [-0.2, -0.15) is 0 Å². The SMILES string of the molecule is CC(=O)c1ccc(C(C)=O)c(C)c1. The molecule has 68 valence electrons. The van der Waals surface area contributed by atoms with Crippen LogP contribution in [-0.4, -0.2) is 11.6 Å². The molecule has 0 aliphatic heterocycles. The number of rotatable bonds is 2. The molecule has 2 heteroatoms. The van der Waals surface area contributed by atoms with Crippen LogP contribution in [0.5, 0.6) is 0 Å². The fraction of sp³-hybridized carbons (Fsp3) is 0.273. The van der Waals surface area contributed by atoms with Crippen molar-refractivity contribution < 1.29 is 9.59 Å². The standard InChI is InChI=1S/C11H12O2/c1-7-6-10(8(2)12)4-5-11(7)9(3)13/h4-6H,1-3H3. The van der Waals surface area contributed by atoms with Crippen LogP contribution in [0, 0.1) is 6.92 Å². The van der Waals surface area contributed by atoms with Gasteiger partial charge in [0.1, 0.15) is 0 Å². The maximum atomic E-state index is 11.1. The molecule has 2 nitrogen and oxygen atoms in total. The van der Waals surface area contributed by atoms with Crippen molar-refractivity contribution in [2.75, 3.05) is 0 Å². The first-order chi connectivity index (χ1) is 6.02. The van der Waals surface area contributed by atoms with Crippen molar-refractivity contribution >= 4 is 11.6 Å². The van der Waals surface area contributed by atoms with Gasteiger partial charge in [0.25, 0.3) is 0 Å². The van der Waals surface area contributed by atoms with Crippen molar-refractivity contribution in [2.24, 2.45) is 0 Å². The molecule has 0 saturated heterocycles. The molecule has 0 aromatic heterocycles. The summed E-state index contributed by atoms with van der Waals surface area (Å²) in [6.45, 7) is 4.88. The maximum Gasteiger partial charge on any atom is 0.160 e. The average molecular weight is 176 g/mol. The quantitative estimate of drug-likeness (QED) is 0.648. The van der Waals surface area contributed by atoms with E-state index in [9.17, 15) is 9.59 Å². The number of carbonyl (C=O) groups excluding carboxylic acids is 2. The Hall–Kier alpha value is -1.44. The van der Waals surface area contributed by atoms with Gasteiger partial charge in [-0.05, 0) is 32.4 Å². The van der Waals surface area contributed by atoms with Gasteiger partial charge in [-0.25, -0.2) is 0 Å². The normalized spacial score (nSPS) is 9.77. The lowest BCUT2D eigenvalue weighted by atomic mass is 10.0. The highest BCUT2D eigenvalue weighted by molar-refractivity contribution is 5.98. The van der Waals surface area contributed by atoms with Crippen molar-refractivity contribution in [3.8, 4) is 0 Å². The maximum absolute atomic E-state index is 11.1. The van der Waals surface area contributed by atoms with Crippen LogP contribution < -0.4 is 0 Å². The Balaban J connectivity index is 3.20. The number of hydrogen-bond acceptors (Lipinski definition) is 2. The van der Waals surface area contributed by atoms with Crippen molar-refractivity contribution in [3.63, 3.8) is 0 Å². The number of aryl methyl sites for hydroxylation is 1. The number of Topliss-reactive ketones (excluding diaryl/α,β-unsaturated/α-hetero) is 2. The van der Waals surface area contributed by atoms with E-state index in [1.807, 2.05) is 6.92 Å². The van der Waals surface area contributed by atoms with Crippen LogP contribution in [0.25, 0.3) is 0 Å². The van der Waals surface area contributed by atoms with E-state index in [1.165, 1.54) is 13.8 Å². The zero-order valence-electron chi connectivity index (χ0n) is 8.05. The Kier molecular flexibility index (Phi) is 2.61. The van der Waals surface area contributed by atoms with Gasteiger partial charge in [0.15, 0.2) is 11.6 Å². The van der Waals surface area contributed by atoms with Crippen molar-refractivity contribution in [1.82, 2.24) is 0 Å². The summed E-state index contributed by atoms with van der Waals surface area (Å²) in [6.07, 6.45) is 0. The van der Waals surface area contributed by atoms with Gasteiger partial charge in [-0.15, -0.1) is 0 Å². The van der Waals surface area contributed by atoms with E-state index in [1.54, 1.807) is 18.2 Å². The molecular formula is C11H12O2. The molecule has 0 heterocycles. The Bertz CT molecular complexity index is 364. The number of carbonyl (C=O) groups is 2. The third-order valence-electron chi connectivity index (χ3n) is 2.01. The van der Waals surface area contributed by atoms with E-state index < -0.39 is 0 Å². The summed E-state index contributed by atoms with van der Waals surface area (Å²) in [7, 11) is 0. The molecule has 0 amide bonds. The topological polar surface area (TPSA) is 34.1 Å². The molecule has 0 bridgehead atoms. The molecule has 1 aromatic carbocycles. The summed E-state index contributed by atoms with van der Waals surface area (Å²) in [6, 6.07) is 5.14. The molecule has 0 saturated carbocycles. The van der Waals surface area contributed by atoms with E-state index in [2.05, 4.69) is 0 Å². The highest BCUT2D eigenvalue weighted by Crippen LogP contribution is 2.11. The summed E-state index contributed by atoms with van der Waals surface area (Å²) in [5, 5.41) is 0. The minimum absolute atomic E-state index is 0.0261. The Morgan fingerprint density at radius 2 is 1.69 bits per heavy atom. The summed E-state index contributed by atoms with van der Waals surface area (Å²) in [5.41, 5.74) is 2.20. The molecule has 0 N–H and O–H groups in total. The first kappa shape index (κ1) is 9.65. The van der Waals surface area contributed by atoms with E-state index in [0.717, 1.165) is 5.56 Å². The van der Waals surface area contributed by atoms with E-state index in [0.29, 0.717) is 11.1 Å². The van der Waals surface area contributed by atoms with Gasteiger partial charge < -0.3 is 0 Å². The molecule has 0 spiro atoms. The van der Waals surface area contributed by atoms with Crippen LogP contribution in [-0.2, 0) is 0 Å². The predicted octanol–water partition coefficient (Wildman–Crippen LogP) is 2.40. The molecule has 0 fully saturated rings. The molecule has 0 unspecified atom stereocenters. The highest BCUT2D eigenvalue weighted by atomic mass is 16.1.